The summed E-state index contributed by atoms with van der Waals surface area (Å²) in [4.78, 5) is 0. The molecule has 0 saturated carbocycles. The van der Waals surface area contributed by atoms with Crippen molar-refractivity contribution < 1.29 is 0 Å². The van der Waals surface area contributed by atoms with Crippen LogP contribution in [0.5, 0.6) is 0 Å². The Balaban J connectivity index is 2.46. The van der Waals surface area contributed by atoms with Crippen LogP contribution in [0.15, 0.2) is 18.3 Å². The standard InChI is InChI=1S/C12H21N3/c1-5-10(3)7-13-8-11-9-15(4)14-12(11)6-2/h9,13H,3,5-8H2,1-2,4H3. The molecule has 0 atom stereocenters. The zero-order chi connectivity index (χ0) is 11.3. The van der Waals surface area contributed by atoms with Gasteiger partial charge in [-0.25, -0.2) is 0 Å². The smallest absolute Gasteiger partial charge is 0.0666 e. The highest BCUT2D eigenvalue weighted by Crippen LogP contribution is 2.06. The third kappa shape index (κ3) is 3.51. The van der Waals surface area contributed by atoms with Crippen LogP contribution in [0.2, 0.25) is 0 Å². The lowest BCUT2D eigenvalue weighted by molar-refractivity contribution is 0.721. The van der Waals surface area contributed by atoms with Gasteiger partial charge in [0.2, 0.25) is 0 Å². The van der Waals surface area contributed by atoms with E-state index in [0.717, 1.165) is 25.9 Å². The molecule has 1 heterocycles. The van der Waals surface area contributed by atoms with Crippen LogP contribution in [-0.4, -0.2) is 16.3 Å². The Morgan fingerprint density at radius 2 is 2.27 bits per heavy atom. The van der Waals surface area contributed by atoms with Crippen molar-refractivity contribution in [1.82, 2.24) is 15.1 Å². The largest absolute Gasteiger partial charge is 0.309 e. The second-order valence-corrected chi connectivity index (χ2v) is 3.84. The van der Waals surface area contributed by atoms with Gasteiger partial charge in [0, 0.05) is 31.9 Å². The Morgan fingerprint density at radius 3 is 2.87 bits per heavy atom. The third-order valence-electron chi connectivity index (χ3n) is 2.52. The maximum absolute atomic E-state index is 4.40. The first kappa shape index (κ1) is 12.0. The van der Waals surface area contributed by atoms with E-state index >= 15 is 0 Å². The molecule has 3 heteroatoms. The van der Waals surface area contributed by atoms with Crippen LogP contribution in [-0.2, 0) is 20.0 Å². The summed E-state index contributed by atoms with van der Waals surface area (Å²) in [6.07, 6.45) is 4.12. The number of aryl methyl sites for hydroxylation is 2. The first-order chi connectivity index (χ1) is 7.17. The van der Waals surface area contributed by atoms with Gasteiger partial charge in [0.15, 0.2) is 0 Å². The summed E-state index contributed by atoms with van der Waals surface area (Å²) in [6, 6.07) is 0. The van der Waals surface area contributed by atoms with Crippen molar-refractivity contribution in [2.24, 2.45) is 7.05 Å². The van der Waals surface area contributed by atoms with Crippen LogP contribution in [0.25, 0.3) is 0 Å². The fraction of sp³-hybridized carbons (Fsp3) is 0.583. The van der Waals surface area contributed by atoms with E-state index < -0.39 is 0 Å². The Hall–Kier alpha value is -1.09. The maximum Gasteiger partial charge on any atom is 0.0666 e. The van der Waals surface area contributed by atoms with Crippen molar-refractivity contribution in [3.05, 3.63) is 29.6 Å². The number of nitrogens with zero attached hydrogens (tertiary/aromatic N) is 2. The molecule has 1 N–H and O–H groups in total. The van der Waals surface area contributed by atoms with E-state index in [1.54, 1.807) is 0 Å². The van der Waals surface area contributed by atoms with Gasteiger partial charge in [0.05, 0.1) is 5.69 Å². The molecule has 0 amide bonds. The van der Waals surface area contributed by atoms with E-state index in [1.807, 2.05) is 11.7 Å². The first-order valence-electron chi connectivity index (χ1n) is 5.56. The van der Waals surface area contributed by atoms with Crippen molar-refractivity contribution in [2.45, 2.75) is 33.2 Å². The second-order valence-electron chi connectivity index (χ2n) is 3.84. The highest BCUT2D eigenvalue weighted by molar-refractivity contribution is 5.16. The number of hydrogen-bond acceptors (Lipinski definition) is 2. The minimum atomic E-state index is 0.885. The number of hydrogen-bond donors (Lipinski definition) is 1. The molecule has 1 rings (SSSR count). The van der Waals surface area contributed by atoms with Crippen molar-refractivity contribution in [3.8, 4) is 0 Å². The summed E-state index contributed by atoms with van der Waals surface area (Å²) >= 11 is 0. The highest BCUT2D eigenvalue weighted by atomic mass is 15.3. The minimum Gasteiger partial charge on any atom is -0.309 e. The maximum atomic E-state index is 4.40. The van der Waals surface area contributed by atoms with E-state index in [-0.39, 0.29) is 0 Å². The third-order valence-corrected chi connectivity index (χ3v) is 2.52. The van der Waals surface area contributed by atoms with Gasteiger partial charge in [-0.2, -0.15) is 5.10 Å². The molecule has 0 aromatic carbocycles. The topological polar surface area (TPSA) is 29.9 Å². The van der Waals surface area contributed by atoms with E-state index in [1.165, 1.54) is 16.8 Å². The molecular formula is C12H21N3. The zero-order valence-electron chi connectivity index (χ0n) is 10.0. The molecule has 1 aromatic heterocycles. The van der Waals surface area contributed by atoms with Crippen LogP contribution in [0.4, 0.5) is 0 Å². The monoisotopic (exact) mass is 207 g/mol. The van der Waals surface area contributed by atoms with Crippen LogP contribution < -0.4 is 5.32 Å². The molecule has 0 aliphatic rings. The molecule has 3 nitrogen and oxygen atoms in total. The number of aromatic nitrogens is 2. The quantitative estimate of drug-likeness (QED) is 0.723. The lowest BCUT2D eigenvalue weighted by atomic mass is 10.2. The van der Waals surface area contributed by atoms with Gasteiger partial charge < -0.3 is 5.32 Å². The van der Waals surface area contributed by atoms with E-state index in [0.29, 0.717) is 0 Å². The molecule has 0 spiro atoms. The molecule has 0 radical (unpaired) electrons. The molecule has 0 aliphatic carbocycles. The van der Waals surface area contributed by atoms with Crippen molar-refractivity contribution in [3.63, 3.8) is 0 Å². The first-order valence-corrected chi connectivity index (χ1v) is 5.56. The lowest BCUT2D eigenvalue weighted by Crippen LogP contribution is -2.16. The SMILES string of the molecule is C=C(CC)CNCc1cn(C)nc1CC. The molecule has 0 unspecified atom stereocenters. The number of rotatable bonds is 6. The zero-order valence-corrected chi connectivity index (χ0v) is 10.0. The predicted octanol–water partition coefficient (Wildman–Crippen LogP) is 2.04. The molecule has 0 fully saturated rings. The highest BCUT2D eigenvalue weighted by Gasteiger charge is 2.04. The van der Waals surface area contributed by atoms with Gasteiger partial charge in [0.1, 0.15) is 0 Å². The average Bonchev–Trinajstić information content (AvgIpc) is 2.58. The van der Waals surface area contributed by atoms with Crippen molar-refractivity contribution in [1.29, 1.82) is 0 Å². The van der Waals surface area contributed by atoms with Crippen LogP contribution in [0.3, 0.4) is 0 Å². The fourth-order valence-corrected chi connectivity index (χ4v) is 1.53. The molecule has 0 bridgehead atoms. The van der Waals surface area contributed by atoms with Crippen molar-refractivity contribution in [2.75, 3.05) is 6.54 Å². The molecular weight excluding hydrogens is 186 g/mol. The summed E-state index contributed by atoms with van der Waals surface area (Å²) in [5, 5.41) is 7.79. The Morgan fingerprint density at radius 1 is 1.53 bits per heavy atom. The van der Waals surface area contributed by atoms with Gasteiger partial charge in [-0.3, -0.25) is 4.68 Å². The van der Waals surface area contributed by atoms with E-state index in [4.69, 9.17) is 0 Å². The molecule has 0 saturated heterocycles. The second kappa shape index (κ2) is 5.71. The van der Waals surface area contributed by atoms with E-state index in [9.17, 15) is 0 Å². The van der Waals surface area contributed by atoms with Crippen LogP contribution in [0, 0.1) is 0 Å². The average molecular weight is 207 g/mol. The lowest BCUT2D eigenvalue weighted by Gasteiger charge is -2.05. The number of nitrogens with one attached hydrogen (secondary N) is 1. The van der Waals surface area contributed by atoms with Gasteiger partial charge in [-0.1, -0.05) is 26.0 Å². The van der Waals surface area contributed by atoms with E-state index in [2.05, 4.69) is 37.0 Å². The van der Waals surface area contributed by atoms with Gasteiger partial charge in [-0.05, 0) is 12.8 Å². The van der Waals surface area contributed by atoms with Gasteiger partial charge in [-0.15, -0.1) is 0 Å². The Bertz CT molecular complexity index is 326. The van der Waals surface area contributed by atoms with Crippen LogP contribution >= 0.6 is 0 Å². The molecule has 15 heavy (non-hydrogen) atoms. The van der Waals surface area contributed by atoms with Gasteiger partial charge in [0.25, 0.3) is 0 Å². The van der Waals surface area contributed by atoms with Gasteiger partial charge >= 0.3 is 0 Å². The Kier molecular flexibility index (Phi) is 4.56. The minimum absolute atomic E-state index is 0.885. The summed E-state index contributed by atoms with van der Waals surface area (Å²) in [5.41, 5.74) is 3.73. The fourth-order valence-electron chi connectivity index (χ4n) is 1.53. The summed E-state index contributed by atoms with van der Waals surface area (Å²) in [7, 11) is 1.97. The van der Waals surface area contributed by atoms with Crippen LogP contribution in [0.1, 0.15) is 31.5 Å². The molecule has 84 valence electrons. The summed E-state index contributed by atoms with van der Waals surface area (Å²) in [5.74, 6) is 0. The molecule has 0 aliphatic heterocycles. The Labute approximate surface area is 92.2 Å². The predicted molar refractivity (Wildman–Crippen MR) is 63.7 cm³/mol. The summed E-state index contributed by atoms with van der Waals surface area (Å²) < 4.78 is 1.88. The van der Waals surface area contributed by atoms with Crippen molar-refractivity contribution >= 4 is 0 Å². The summed E-state index contributed by atoms with van der Waals surface area (Å²) in [6.45, 7) is 10.0. The molecule has 1 aromatic rings. The normalized spacial score (nSPS) is 10.6.